The summed E-state index contributed by atoms with van der Waals surface area (Å²) in [5.41, 5.74) is 0. The summed E-state index contributed by atoms with van der Waals surface area (Å²) >= 11 is 0. The second-order valence-electron chi connectivity index (χ2n) is 4.20. The molecule has 0 atom stereocenters. The third-order valence-corrected chi connectivity index (χ3v) is 5.38. The zero-order valence-electron chi connectivity index (χ0n) is 16.4. The summed E-state index contributed by atoms with van der Waals surface area (Å²) in [6.45, 7) is 0. The Labute approximate surface area is 276 Å². The van der Waals surface area contributed by atoms with Gasteiger partial charge in [0.2, 0.25) is 0 Å². The summed E-state index contributed by atoms with van der Waals surface area (Å²) in [6.07, 6.45) is 0. The fraction of sp³-hybridized carbons (Fsp3) is 0. The molecular formula is C10H11K3O9S3. The number of hydrogen-bond donors (Lipinski definition) is 3. The van der Waals surface area contributed by atoms with Gasteiger partial charge < -0.3 is 4.28 Å². The van der Waals surface area contributed by atoms with Crippen molar-refractivity contribution >= 4 is 41.1 Å². The molecule has 0 unspecified atom stereocenters. The van der Waals surface area contributed by atoms with Crippen LogP contribution in [0.1, 0.15) is 4.28 Å². The van der Waals surface area contributed by atoms with Crippen molar-refractivity contribution in [2.45, 2.75) is 14.7 Å². The topological polar surface area (TPSA) is 163 Å². The third kappa shape index (κ3) is 7.83. The van der Waals surface area contributed by atoms with Gasteiger partial charge in [-0.1, -0.05) is 12.1 Å². The van der Waals surface area contributed by atoms with Crippen LogP contribution in [0.25, 0.3) is 10.8 Å². The predicted molar refractivity (Wildman–Crippen MR) is 76.7 cm³/mol. The van der Waals surface area contributed by atoms with E-state index < -0.39 is 50.4 Å². The molecule has 9 nitrogen and oxygen atoms in total. The summed E-state index contributed by atoms with van der Waals surface area (Å²) in [5, 5.41) is -0.835. The van der Waals surface area contributed by atoms with Crippen molar-refractivity contribution in [3.8, 4) is 0 Å². The minimum absolute atomic E-state index is 0. The fourth-order valence-corrected chi connectivity index (χ4v) is 3.92. The van der Waals surface area contributed by atoms with Crippen LogP contribution in [0.15, 0.2) is 45.0 Å². The summed E-state index contributed by atoms with van der Waals surface area (Å²) in [4.78, 5) is -2.66. The Morgan fingerprint density at radius 2 is 1.12 bits per heavy atom. The SMILES string of the molecule is O=S(=O)(O)c1cc(S(=O)(=O)O)c2cccc(S(=O)(=O)O)c2c1.[H-].[H-].[H-].[K+].[K+].[K+]. The molecule has 0 saturated heterocycles. The van der Waals surface area contributed by atoms with Crippen LogP contribution in [-0.4, -0.2) is 38.9 Å². The van der Waals surface area contributed by atoms with Gasteiger partial charge in [0.25, 0.3) is 30.4 Å². The molecule has 3 N–H and O–H groups in total. The van der Waals surface area contributed by atoms with Crippen molar-refractivity contribution in [2.75, 3.05) is 0 Å². The molecule has 0 aliphatic carbocycles. The zero-order valence-corrected chi connectivity index (χ0v) is 25.2. The molecule has 0 aliphatic heterocycles. The first-order chi connectivity index (χ1) is 9.82. The Morgan fingerprint density at radius 3 is 1.52 bits per heavy atom. The van der Waals surface area contributed by atoms with Crippen LogP contribution in [0.2, 0.25) is 0 Å². The van der Waals surface area contributed by atoms with E-state index in [1.54, 1.807) is 0 Å². The van der Waals surface area contributed by atoms with Gasteiger partial charge in [-0.05, 0) is 18.2 Å². The minimum atomic E-state index is -4.93. The summed E-state index contributed by atoms with van der Waals surface area (Å²) < 4.78 is 95.0. The van der Waals surface area contributed by atoms with Crippen molar-refractivity contribution in [3.63, 3.8) is 0 Å². The maximum Gasteiger partial charge on any atom is 1.00 e. The molecule has 0 radical (unpaired) electrons. The maximum atomic E-state index is 11.4. The molecule has 0 aliphatic rings. The van der Waals surface area contributed by atoms with E-state index in [2.05, 4.69) is 0 Å². The average Bonchev–Trinajstić information content (AvgIpc) is 2.33. The van der Waals surface area contributed by atoms with E-state index in [1.807, 2.05) is 0 Å². The standard InChI is InChI=1S/C10H8O9S3.3K.3H/c11-20(12,13)6-4-8-7(10(5-6)22(17,18)19)2-1-3-9(8)21(14,15)16;;;;;;/h1-5H,(H,11,12,13)(H,14,15,16)(H,17,18,19);;;;;;/q;3*+1;3*-1. The number of rotatable bonds is 3. The van der Waals surface area contributed by atoms with E-state index in [-0.39, 0.29) is 164 Å². The van der Waals surface area contributed by atoms with Crippen molar-refractivity contribution in [2.24, 2.45) is 0 Å². The van der Waals surface area contributed by atoms with Gasteiger partial charge in [0.05, 0.1) is 4.90 Å². The van der Waals surface area contributed by atoms with E-state index >= 15 is 0 Å². The van der Waals surface area contributed by atoms with Crippen LogP contribution in [-0.2, 0) is 30.4 Å². The van der Waals surface area contributed by atoms with Gasteiger partial charge in [-0.2, -0.15) is 25.3 Å². The summed E-state index contributed by atoms with van der Waals surface area (Å²) in [6, 6.07) is 4.23. The van der Waals surface area contributed by atoms with E-state index in [0.717, 1.165) is 18.2 Å². The first-order valence-electron chi connectivity index (χ1n) is 5.31. The molecule has 0 fully saturated rings. The number of benzene rings is 2. The van der Waals surface area contributed by atoms with E-state index in [1.165, 1.54) is 0 Å². The maximum absolute atomic E-state index is 11.4. The Morgan fingerprint density at radius 1 is 0.640 bits per heavy atom. The first kappa shape index (κ1) is 30.5. The molecule has 0 saturated carbocycles. The quantitative estimate of drug-likeness (QED) is 0.281. The van der Waals surface area contributed by atoms with Crippen LogP contribution in [0.5, 0.6) is 0 Å². The van der Waals surface area contributed by atoms with E-state index in [0.29, 0.717) is 12.1 Å². The van der Waals surface area contributed by atoms with Crippen molar-refractivity contribution < 1.29 is 197 Å². The number of hydrogen-bond acceptors (Lipinski definition) is 6. The molecule has 15 heteroatoms. The van der Waals surface area contributed by atoms with Crippen LogP contribution in [0.3, 0.4) is 0 Å². The molecule has 0 amide bonds. The molecule has 0 aromatic heterocycles. The van der Waals surface area contributed by atoms with Crippen molar-refractivity contribution in [1.29, 1.82) is 0 Å². The van der Waals surface area contributed by atoms with Crippen molar-refractivity contribution in [3.05, 3.63) is 30.3 Å². The smallest absolute Gasteiger partial charge is 1.00 e. The monoisotopic (exact) mass is 488 g/mol. The molecule has 2 rings (SSSR count). The van der Waals surface area contributed by atoms with Gasteiger partial charge in [0.15, 0.2) is 0 Å². The van der Waals surface area contributed by atoms with Gasteiger partial charge >= 0.3 is 154 Å². The largest absolute Gasteiger partial charge is 1.00 e. The zero-order chi connectivity index (χ0) is 16.9. The molecule has 2 aromatic rings. The second kappa shape index (κ2) is 11.1. The van der Waals surface area contributed by atoms with Gasteiger partial charge in [0, 0.05) is 10.8 Å². The molecule has 25 heavy (non-hydrogen) atoms. The van der Waals surface area contributed by atoms with Crippen LogP contribution in [0, 0.1) is 0 Å². The van der Waals surface area contributed by atoms with E-state index in [4.69, 9.17) is 13.7 Å². The first-order valence-corrected chi connectivity index (χ1v) is 9.63. The van der Waals surface area contributed by atoms with Crippen LogP contribution in [0.4, 0.5) is 0 Å². The molecule has 0 spiro atoms. The Balaban J connectivity index is -0.000000294. The minimum Gasteiger partial charge on any atom is -1.00 e. The van der Waals surface area contributed by atoms with Crippen LogP contribution < -0.4 is 154 Å². The molecular weight excluding hydrogens is 478 g/mol. The Kier molecular flexibility index (Phi) is 13.6. The fourth-order valence-electron chi connectivity index (χ4n) is 1.89. The van der Waals surface area contributed by atoms with E-state index in [9.17, 15) is 25.3 Å². The molecule has 0 heterocycles. The van der Waals surface area contributed by atoms with Gasteiger partial charge in [-0.15, -0.1) is 0 Å². The summed E-state index contributed by atoms with van der Waals surface area (Å²) in [7, 11) is -14.6. The molecule has 2 aromatic carbocycles. The van der Waals surface area contributed by atoms with Gasteiger partial charge in [-0.3, -0.25) is 13.7 Å². The normalized spacial score (nSPS) is 11.8. The molecule has 126 valence electrons. The Bertz CT molecular complexity index is 1110. The summed E-state index contributed by atoms with van der Waals surface area (Å²) in [5.74, 6) is 0. The molecule has 0 bridgehead atoms. The number of fused-ring (bicyclic) bond motifs is 1. The van der Waals surface area contributed by atoms with Gasteiger partial charge in [0.1, 0.15) is 9.79 Å². The van der Waals surface area contributed by atoms with Crippen molar-refractivity contribution in [1.82, 2.24) is 0 Å². The van der Waals surface area contributed by atoms with Gasteiger partial charge in [-0.25, -0.2) is 0 Å². The average molecular weight is 489 g/mol. The predicted octanol–water partition coefficient (Wildman–Crippen LogP) is -8.07. The third-order valence-electron chi connectivity index (χ3n) is 2.75. The van der Waals surface area contributed by atoms with Crippen LogP contribution >= 0.6 is 0 Å². The second-order valence-corrected chi connectivity index (χ2v) is 8.40. The Hall–Kier alpha value is 3.34.